The van der Waals surface area contributed by atoms with Crippen molar-refractivity contribution in [3.8, 4) is 10.4 Å². The van der Waals surface area contributed by atoms with Crippen LogP contribution in [0.15, 0.2) is 30.5 Å². The van der Waals surface area contributed by atoms with E-state index in [-0.39, 0.29) is 11.9 Å². The molecule has 0 aromatic carbocycles. The maximum Gasteiger partial charge on any atom is 0.261 e. The van der Waals surface area contributed by atoms with Crippen LogP contribution in [0.3, 0.4) is 0 Å². The van der Waals surface area contributed by atoms with Crippen molar-refractivity contribution in [1.82, 2.24) is 15.2 Å². The first-order valence-electron chi connectivity index (χ1n) is 8.69. The molecule has 2 atom stereocenters. The van der Waals surface area contributed by atoms with Gasteiger partial charge in [0.05, 0.1) is 4.88 Å². The predicted molar refractivity (Wildman–Crippen MR) is 97.3 cm³/mol. The quantitative estimate of drug-likeness (QED) is 0.931. The Balaban J connectivity index is 1.48. The topological polar surface area (TPSA) is 45.2 Å². The van der Waals surface area contributed by atoms with Crippen LogP contribution in [0.25, 0.3) is 10.4 Å². The van der Waals surface area contributed by atoms with E-state index in [0.717, 1.165) is 21.0 Å². The molecule has 2 bridgehead atoms. The van der Waals surface area contributed by atoms with Crippen LogP contribution in [-0.4, -0.2) is 41.0 Å². The number of nitrogens with one attached hydrogen (secondary N) is 1. The van der Waals surface area contributed by atoms with E-state index in [2.05, 4.69) is 28.2 Å². The molecule has 0 radical (unpaired) electrons. The smallest absolute Gasteiger partial charge is 0.261 e. The minimum absolute atomic E-state index is 0.0666. The van der Waals surface area contributed by atoms with Gasteiger partial charge in [0, 0.05) is 34.4 Å². The van der Waals surface area contributed by atoms with Crippen molar-refractivity contribution >= 4 is 17.2 Å². The van der Waals surface area contributed by atoms with Crippen LogP contribution in [0, 0.1) is 12.8 Å². The first kappa shape index (κ1) is 15.8. The molecule has 2 aromatic heterocycles. The molecule has 3 fully saturated rings. The van der Waals surface area contributed by atoms with Gasteiger partial charge in [0.15, 0.2) is 0 Å². The molecular weight excluding hydrogens is 318 g/mol. The molecule has 0 unspecified atom stereocenters. The molecule has 1 amide bonds. The summed E-state index contributed by atoms with van der Waals surface area (Å²) in [7, 11) is 0. The second-order valence-corrected chi connectivity index (χ2v) is 8.05. The molecule has 0 aliphatic carbocycles. The second kappa shape index (κ2) is 6.30. The van der Waals surface area contributed by atoms with Crippen LogP contribution in [0.4, 0.5) is 0 Å². The van der Waals surface area contributed by atoms with E-state index >= 15 is 0 Å². The minimum Gasteiger partial charge on any atom is -0.347 e. The fourth-order valence-electron chi connectivity index (χ4n) is 4.00. The average molecular weight is 341 g/mol. The fraction of sp³-hybridized carbons (Fsp3) is 0.474. The molecule has 3 saturated heterocycles. The normalized spacial score (nSPS) is 28.8. The number of thiophene rings is 1. The van der Waals surface area contributed by atoms with Crippen molar-refractivity contribution in [2.24, 2.45) is 5.92 Å². The van der Waals surface area contributed by atoms with Crippen LogP contribution in [-0.2, 0) is 0 Å². The van der Waals surface area contributed by atoms with Gasteiger partial charge in [-0.05, 0) is 63.9 Å². The molecule has 5 rings (SSSR count). The third-order valence-corrected chi connectivity index (χ3v) is 6.63. The van der Waals surface area contributed by atoms with Crippen molar-refractivity contribution in [2.75, 3.05) is 13.1 Å². The van der Waals surface area contributed by atoms with E-state index in [1.54, 1.807) is 11.3 Å². The molecule has 0 spiro atoms. The van der Waals surface area contributed by atoms with Gasteiger partial charge in [-0.3, -0.25) is 14.7 Å². The zero-order valence-corrected chi connectivity index (χ0v) is 15.0. The molecule has 1 N–H and O–H groups in total. The van der Waals surface area contributed by atoms with Gasteiger partial charge >= 0.3 is 0 Å². The lowest BCUT2D eigenvalue weighted by Gasteiger charge is -2.49. The first-order valence-corrected chi connectivity index (χ1v) is 9.51. The summed E-state index contributed by atoms with van der Waals surface area (Å²) in [4.78, 5) is 21.4. The molecule has 3 aliphatic rings. The van der Waals surface area contributed by atoms with Crippen LogP contribution in [0.2, 0.25) is 0 Å². The van der Waals surface area contributed by atoms with E-state index in [1.165, 1.54) is 25.9 Å². The molecule has 3 aliphatic heterocycles. The monoisotopic (exact) mass is 341 g/mol. The summed E-state index contributed by atoms with van der Waals surface area (Å²) in [5.74, 6) is 0.701. The highest BCUT2D eigenvalue weighted by atomic mass is 32.1. The number of amides is 1. The van der Waals surface area contributed by atoms with Crippen molar-refractivity contribution < 1.29 is 4.79 Å². The van der Waals surface area contributed by atoms with Gasteiger partial charge in [-0.15, -0.1) is 11.3 Å². The van der Waals surface area contributed by atoms with E-state index in [4.69, 9.17) is 0 Å². The number of rotatable bonds is 3. The van der Waals surface area contributed by atoms with Gasteiger partial charge in [0.1, 0.15) is 0 Å². The molecule has 2 aromatic rings. The van der Waals surface area contributed by atoms with Gasteiger partial charge in [-0.25, -0.2) is 0 Å². The number of aromatic nitrogens is 1. The predicted octanol–water partition coefficient (Wildman–Crippen LogP) is 3.33. The molecule has 126 valence electrons. The Morgan fingerprint density at radius 2 is 2.04 bits per heavy atom. The van der Waals surface area contributed by atoms with E-state index in [0.29, 0.717) is 12.0 Å². The van der Waals surface area contributed by atoms with E-state index in [9.17, 15) is 4.79 Å². The summed E-state index contributed by atoms with van der Waals surface area (Å²) in [5.41, 5.74) is 2.07. The Bertz CT molecular complexity index is 729. The zero-order valence-electron chi connectivity index (χ0n) is 14.2. The van der Waals surface area contributed by atoms with Crippen molar-refractivity contribution in [3.63, 3.8) is 0 Å². The molecule has 4 nitrogen and oxygen atoms in total. The van der Waals surface area contributed by atoms with E-state index < -0.39 is 0 Å². The lowest BCUT2D eigenvalue weighted by molar-refractivity contribution is 0.0218. The number of aryl methyl sites for hydroxylation is 1. The number of pyridine rings is 1. The fourth-order valence-corrected chi connectivity index (χ4v) is 4.90. The highest BCUT2D eigenvalue weighted by Crippen LogP contribution is 2.33. The molecule has 5 heterocycles. The highest BCUT2D eigenvalue weighted by Gasteiger charge is 2.40. The Kier molecular flexibility index (Phi) is 4.14. The number of fused-ring (bicyclic) bond motifs is 3. The highest BCUT2D eigenvalue weighted by molar-refractivity contribution is 7.17. The lowest BCUT2D eigenvalue weighted by Crippen LogP contribution is -2.62. The number of hydrogen-bond donors (Lipinski definition) is 1. The van der Waals surface area contributed by atoms with Crippen LogP contribution < -0.4 is 5.32 Å². The largest absolute Gasteiger partial charge is 0.347 e. The van der Waals surface area contributed by atoms with Crippen LogP contribution >= 0.6 is 11.3 Å². The maximum absolute atomic E-state index is 12.7. The number of carbonyl (C=O) groups excluding carboxylic acids is 1. The van der Waals surface area contributed by atoms with Gasteiger partial charge in [-0.2, -0.15) is 0 Å². The second-order valence-electron chi connectivity index (χ2n) is 6.97. The Morgan fingerprint density at radius 3 is 2.71 bits per heavy atom. The van der Waals surface area contributed by atoms with Crippen LogP contribution in [0.1, 0.15) is 35.1 Å². The standard InChI is InChI=1S/C19H23N3OS/c1-12-3-4-15(11-20-12)16-5-6-17(24-16)19(23)21-18-13(2)22-9-7-14(18)8-10-22/h3-6,11,13-14,18H,7-10H2,1-2H3,(H,21,23)/t13-,18-/m0/s1. The Labute approximate surface area is 146 Å². The van der Waals surface area contributed by atoms with Gasteiger partial charge in [0.2, 0.25) is 0 Å². The number of piperidine rings is 3. The van der Waals surface area contributed by atoms with Crippen LogP contribution in [0.5, 0.6) is 0 Å². The third-order valence-electron chi connectivity index (χ3n) is 5.50. The number of nitrogens with zero attached hydrogens (tertiary/aromatic N) is 2. The average Bonchev–Trinajstić information content (AvgIpc) is 3.09. The summed E-state index contributed by atoms with van der Waals surface area (Å²) in [6.07, 6.45) is 4.29. The lowest BCUT2D eigenvalue weighted by atomic mass is 9.79. The minimum atomic E-state index is 0.0666. The molecule has 5 heteroatoms. The molecule has 24 heavy (non-hydrogen) atoms. The molecule has 0 saturated carbocycles. The Hall–Kier alpha value is -1.72. The SMILES string of the molecule is Cc1ccc(-c2ccc(C(=O)N[C@@H]3C4CCN(CC4)[C@H]3C)s2)cn1. The van der Waals surface area contributed by atoms with Crippen molar-refractivity contribution in [2.45, 2.75) is 38.8 Å². The number of carbonyl (C=O) groups is 1. The molecular formula is C19H23N3OS. The summed E-state index contributed by atoms with van der Waals surface area (Å²) >= 11 is 1.54. The Morgan fingerprint density at radius 1 is 1.25 bits per heavy atom. The third kappa shape index (κ3) is 2.87. The van der Waals surface area contributed by atoms with E-state index in [1.807, 2.05) is 31.3 Å². The maximum atomic E-state index is 12.7. The summed E-state index contributed by atoms with van der Waals surface area (Å²) < 4.78 is 0. The van der Waals surface area contributed by atoms with Crippen molar-refractivity contribution in [1.29, 1.82) is 0 Å². The van der Waals surface area contributed by atoms with Gasteiger partial charge < -0.3 is 5.32 Å². The van der Waals surface area contributed by atoms with Crippen molar-refractivity contribution in [3.05, 3.63) is 41.0 Å². The summed E-state index contributed by atoms with van der Waals surface area (Å²) in [6.45, 7) is 6.59. The zero-order chi connectivity index (χ0) is 16.7. The first-order chi connectivity index (χ1) is 11.6. The van der Waals surface area contributed by atoms with Gasteiger partial charge in [0.25, 0.3) is 5.91 Å². The summed E-state index contributed by atoms with van der Waals surface area (Å²) in [5, 5.41) is 3.30. The number of hydrogen-bond acceptors (Lipinski definition) is 4. The summed E-state index contributed by atoms with van der Waals surface area (Å²) in [6, 6.07) is 8.75. The van der Waals surface area contributed by atoms with Gasteiger partial charge in [-0.1, -0.05) is 6.07 Å².